The maximum absolute atomic E-state index is 10.6. The molecule has 3 aromatic rings. The van der Waals surface area contributed by atoms with E-state index in [0.717, 1.165) is 0 Å². The van der Waals surface area contributed by atoms with E-state index in [1.165, 1.54) is 18.3 Å². The van der Waals surface area contributed by atoms with E-state index in [2.05, 4.69) is 25.5 Å². The monoisotopic (exact) mass is 336 g/mol. The molecule has 0 fully saturated rings. The smallest absolute Gasteiger partial charge is 0.400 e. The summed E-state index contributed by atoms with van der Waals surface area (Å²) < 4.78 is 4.99. The fourth-order valence-electron chi connectivity index (χ4n) is 1.84. The van der Waals surface area contributed by atoms with Crippen LogP contribution in [0.4, 0.5) is 11.7 Å². The Bertz CT molecular complexity index is 906. The number of nitro groups is 1. The highest BCUT2D eigenvalue weighted by Crippen LogP contribution is 2.13. The van der Waals surface area contributed by atoms with Gasteiger partial charge in [0.25, 0.3) is 0 Å². The lowest BCUT2D eigenvalue weighted by molar-refractivity contribution is -0.402. The topological polar surface area (TPSA) is 119 Å². The minimum Gasteiger partial charge on any atom is -0.400 e. The van der Waals surface area contributed by atoms with Gasteiger partial charge in [-0.3, -0.25) is 20.5 Å². The first-order valence-corrected chi connectivity index (χ1v) is 7.17. The third kappa shape index (κ3) is 4.32. The van der Waals surface area contributed by atoms with Crippen LogP contribution in [0.3, 0.4) is 0 Å². The molecule has 0 bridgehead atoms. The molecule has 0 spiro atoms. The normalized spacial score (nSPS) is 11.6. The van der Waals surface area contributed by atoms with E-state index in [-0.39, 0.29) is 11.6 Å². The molecular formula is C16H12N6O3. The van der Waals surface area contributed by atoms with Crippen molar-refractivity contribution >= 4 is 23.8 Å². The van der Waals surface area contributed by atoms with Gasteiger partial charge in [-0.05, 0) is 30.3 Å². The molecule has 0 aliphatic heterocycles. The summed E-state index contributed by atoms with van der Waals surface area (Å²) in [6.45, 7) is 0. The summed E-state index contributed by atoms with van der Waals surface area (Å²) in [6, 6.07) is 13.4. The number of aliphatic imine (C=N–C) groups is 1. The second kappa shape index (κ2) is 7.59. The molecule has 0 atom stereocenters. The van der Waals surface area contributed by atoms with Crippen LogP contribution in [0.15, 0.2) is 75.4 Å². The van der Waals surface area contributed by atoms with Crippen molar-refractivity contribution in [1.29, 1.82) is 0 Å². The number of hydrogen-bond acceptors (Lipinski definition) is 7. The third-order valence-corrected chi connectivity index (χ3v) is 2.94. The van der Waals surface area contributed by atoms with Gasteiger partial charge in [-0.2, -0.15) is 5.10 Å². The lowest BCUT2D eigenvalue weighted by Gasteiger charge is -2.04. The predicted molar refractivity (Wildman–Crippen MR) is 90.8 cm³/mol. The highest BCUT2D eigenvalue weighted by Gasteiger charge is 2.10. The van der Waals surface area contributed by atoms with Crippen LogP contribution >= 0.6 is 0 Å². The van der Waals surface area contributed by atoms with Crippen LogP contribution < -0.4 is 5.43 Å². The highest BCUT2D eigenvalue weighted by molar-refractivity contribution is 5.98. The number of furan rings is 1. The van der Waals surface area contributed by atoms with Gasteiger partial charge in [0.05, 0.1) is 12.3 Å². The van der Waals surface area contributed by atoms with Crippen LogP contribution in [0.25, 0.3) is 0 Å². The minimum absolute atomic E-state index is 0.234. The molecule has 0 radical (unpaired) electrons. The molecule has 3 aromatic heterocycles. The zero-order chi connectivity index (χ0) is 17.5. The fourth-order valence-corrected chi connectivity index (χ4v) is 1.84. The summed E-state index contributed by atoms with van der Waals surface area (Å²) in [5.41, 5.74) is 3.32. The van der Waals surface area contributed by atoms with E-state index in [9.17, 15) is 10.1 Å². The van der Waals surface area contributed by atoms with Crippen molar-refractivity contribution in [3.05, 3.63) is 82.5 Å². The second-order valence-electron chi connectivity index (χ2n) is 4.67. The number of nitrogens with one attached hydrogen (secondary N) is 1. The van der Waals surface area contributed by atoms with Gasteiger partial charge in [0, 0.05) is 12.4 Å². The van der Waals surface area contributed by atoms with Gasteiger partial charge in [-0.25, -0.2) is 9.98 Å². The van der Waals surface area contributed by atoms with Gasteiger partial charge >= 0.3 is 5.88 Å². The van der Waals surface area contributed by atoms with Gasteiger partial charge in [-0.15, -0.1) is 0 Å². The Labute approximate surface area is 141 Å². The Morgan fingerprint density at radius 3 is 2.56 bits per heavy atom. The lowest BCUT2D eigenvalue weighted by Crippen LogP contribution is -2.20. The molecule has 0 saturated carbocycles. The van der Waals surface area contributed by atoms with Gasteiger partial charge in [0.15, 0.2) is 17.4 Å². The SMILES string of the molecule is O=[N+]([O-])c1ccc(/C=N/N/C(=N/c2ccccn2)c2ccccn2)o1. The second-order valence-corrected chi connectivity index (χ2v) is 4.67. The Hall–Kier alpha value is -3.88. The Morgan fingerprint density at radius 1 is 1.12 bits per heavy atom. The molecule has 0 aromatic carbocycles. The molecule has 1 N–H and O–H groups in total. The quantitative estimate of drug-likeness (QED) is 0.331. The summed E-state index contributed by atoms with van der Waals surface area (Å²) in [6.07, 6.45) is 4.56. The maximum atomic E-state index is 10.6. The average molecular weight is 336 g/mol. The molecule has 0 aliphatic carbocycles. The van der Waals surface area contributed by atoms with Crippen LogP contribution in [0.1, 0.15) is 11.5 Å². The molecular weight excluding hydrogens is 324 g/mol. The van der Waals surface area contributed by atoms with Crippen molar-refractivity contribution in [2.24, 2.45) is 10.1 Å². The zero-order valence-electron chi connectivity index (χ0n) is 12.8. The molecule has 0 amide bonds. The molecule has 0 unspecified atom stereocenters. The van der Waals surface area contributed by atoms with Crippen molar-refractivity contribution < 1.29 is 9.34 Å². The molecule has 9 nitrogen and oxygen atoms in total. The minimum atomic E-state index is -0.618. The molecule has 0 saturated heterocycles. The van der Waals surface area contributed by atoms with Gasteiger partial charge in [0.2, 0.25) is 0 Å². The molecule has 0 aliphatic rings. The number of rotatable bonds is 5. The summed E-state index contributed by atoms with van der Waals surface area (Å²) in [5.74, 6) is 0.738. The van der Waals surface area contributed by atoms with Gasteiger partial charge in [-0.1, -0.05) is 12.1 Å². The third-order valence-electron chi connectivity index (χ3n) is 2.94. The molecule has 3 rings (SSSR count). The van der Waals surface area contributed by atoms with E-state index >= 15 is 0 Å². The molecule has 9 heteroatoms. The number of hydrazone groups is 1. The Morgan fingerprint density at radius 2 is 1.92 bits per heavy atom. The molecule has 124 valence electrons. The van der Waals surface area contributed by atoms with E-state index < -0.39 is 4.92 Å². The summed E-state index contributed by atoms with van der Waals surface area (Å²) in [4.78, 5) is 22.7. The van der Waals surface area contributed by atoms with Gasteiger partial charge < -0.3 is 4.42 Å². The first-order valence-electron chi connectivity index (χ1n) is 7.17. The fraction of sp³-hybridized carbons (Fsp3) is 0. The van der Waals surface area contributed by atoms with Crippen LogP contribution in [-0.2, 0) is 0 Å². The standard InChI is InChI=1S/C16H12N6O3/c23-22(24)15-8-7-12(25-15)11-19-21-16(13-5-1-3-9-17-13)20-14-6-2-4-10-18-14/h1-11H,(H,18,20,21)/b19-11+. The van der Waals surface area contributed by atoms with Crippen molar-refractivity contribution in [2.75, 3.05) is 0 Å². The average Bonchev–Trinajstić information content (AvgIpc) is 3.12. The Balaban J connectivity index is 1.81. The van der Waals surface area contributed by atoms with E-state index in [1.54, 1.807) is 36.7 Å². The first-order chi connectivity index (χ1) is 12.2. The molecule has 25 heavy (non-hydrogen) atoms. The summed E-state index contributed by atoms with van der Waals surface area (Å²) >= 11 is 0. The number of amidine groups is 1. The zero-order valence-corrected chi connectivity index (χ0v) is 12.8. The van der Waals surface area contributed by atoms with Crippen molar-refractivity contribution in [1.82, 2.24) is 15.4 Å². The summed E-state index contributed by atoms with van der Waals surface area (Å²) in [5, 5.41) is 14.6. The van der Waals surface area contributed by atoms with E-state index in [1.807, 2.05) is 12.1 Å². The van der Waals surface area contributed by atoms with Crippen molar-refractivity contribution in [2.45, 2.75) is 0 Å². The number of nitrogens with zero attached hydrogens (tertiary/aromatic N) is 5. The first kappa shape index (κ1) is 16.0. The van der Waals surface area contributed by atoms with Crippen LogP contribution in [0, 0.1) is 10.1 Å². The number of aromatic nitrogens is 2. The van der Waals surface area contributed by atoms with E-state index in [0.29, 0.717) is 17.3 Å². The number of hydrogen-bond donors (Lipinski definition) is 1. The highest BCUT2D eigenvalue weighted by atomic mass is 16.6. The van der Waals surface area contributed by atoms with Crippen LogP contribution in [0.2, 0.25) is 0 Å². The maximum Gasteiger partial charge on any atom is 0.433 e. The molecule has 3 heterocycles. The largest absolute Gasteiger partial charge is 0.433 e. The van der Waals surface area contributed by atoms with Crippen molar-refractivity contribution in [3.8, 4) is 0 Å². The van der Waals surface area contributed by atoms with Crippen molar-refractivity contribution in [3.63, 3.8) is 0 Å². The Kier molecular flexibility index (Phi) is 4.86. The van der Waals surface area contributed by atoms with Gasteiger partial charge in [0.1, 0.15) is 10.6 Å². The predicted octanol–water partition coefficient (Wildman–Crippen LogP) is 2.68. The lowest BCUT2D eigenvalue weighted by atomic mass is 10.3. The van der Waals surface area contributed by atoms with Crippen LogP contribution in [0.5, 0.6) is 0 Å². The summed E-state index contributed by atoms with van der Waals surface area (Å²) in [7, 11) is 0. The number of pyridine rings is 2. The van der Waals surface area contributed by atoms with Crippen LogP contribution in [-0.4, -0.2) is 26.9 Å². The van der Waals surface area contributed by atoms with E-state index in [4.69, 9.17) is 4.42 Å².